The Morgan fingerprint density at radius 1 is 1.58 bits per heavy atom. The molecular formula is C7H12O5. The Kier molecular flexibility index (Phi) is 3.02. The van der Waals surface area contributed by atoms with Gasteiger partial charge < -0.3 is 19.7 Å². The van der Waals surface area contributed by atoms with Gasteiger partial charge in [-0.1, -0.05) is 0 Å². The summed E-state index contributed by atoms with van der Waals surface area (Å²) in [6.45, 7) is 0. The van der Waals surface area contributed by atoms with Crippen molar-refractivity contribution in [1.82, 2.24) is 0 Å². The standard InChI is InChI=1S/C7H12O5/c1-11-6-3-4(8)2-5(12-6)7(9)10/h4-6,8H,2-3H2,1H3,(H,9,10). The smallest absolute Gasteiger partial charge is 0.333 e. The minimum Gasteiger partial charge on any atom is -0.479 e. The minimum absolute atomic E-state index is 0.134. The maximum atomic E-state index is 10.5. The molecule has 0 aliphatic carbocycles. The summed E-state index contributed by atoms with van der Waals surface area (Å²) in [5.74, 6) is -1.06. The Bertz CT molecular complexity index is 169. The highest BCUT2D eigenvalue weighted by molar-refractivity contribution is 5.72. The number of hydrogen-bond donors (Lipinski definition) is 2. The second kappa shape index (κ2) is 3.84. The van der Waals surface area contributed by atoms with E-state index < -0.39 is 24.5 Å². The van der Waals surface area contributed by atoms with Gasteiger partial charge in [0, 0.05) is 20.0 Å². The lowest BCUT2D eigenvalue weighted by Crippen LogP contribution is -2.40. The third-order valence-electron chi connectivity index (χ3n) is 1.81. The average molecular weight is 176 g/mol. The fourth-order valence-electron chi connectivity index (χ4n) is 1.17. The molecule has 1 aliphatic heterocycles. The van der Waals surface area contributed by atoms with Gasteiger partial charge in [0.15, 0.2) is 12.4 Å². The molecule has 12 heavy (non-hydrogen) atoms. The number of carboxylic acid groups (broad SMARTS) is 1. The van der Waals surface area contributed by atoms with E-state index >= 15 is 0 Å². The van der Waals surface area contributed by atoms with Crippen molar-refractivity contribution in [2.75, 3.05) is 7.11 Å². The Morgan fingerprint density at radius 3 is 2.75 bits per heavy atom. The number of aliphatic carboxylic acids is 1. The van der Waals surface area contributed by atoms with Gasteiger partial charge in [-0.2, -0.15) is 0 Å². The number of aliphatic hydroxyl groups is 1. The number of methoxy groups -OCH3 is 1. The van der Waals surface area contributed by atoms with Crippen LogP contribution in [0.15, 0.2) is 0 Å². The third-order valence-corrected chi connectivity index (χ3v) is 1.81. The van der Waals surface area contributed by atoms with Crippen LogP contribution in [0.25, 0.3) is 0 Å². The molecule has 1 saturated heterocycles. The van der Waals surface area contributed by atoms with Crippen LogP contribution in [0.4, 0.5) is 0 Å². The van der Waals surface area contributed by atoms with Crippen LogP contribution >= 0.6 is 0 Å². The zero-order chi connectivity index (χ0) is 9.14. The first-order chi connectivity index (χ1) is 5.63. The van der Waals surface area contributed by atoms with Crippen molar-refractivity contribution in [3.8, 4) is 0 Å². The summed E-state index contributed by atoms with van der Waals surface area (Å²) < 4.78 is 9.78. The number of ether oxygens (including phenoxy) is 2. The Hall–Kier alpha value is -0.650. The van der Waals surface area contributed by atoms with Crippen molar-refractivity contribution in [1.29, 1.82) is 0 Å². The van der Waals surface area contributed by atoms with Crippen LogP contribution in [-0.2, 0) is 14.3 Å². The topological polar surface area (TPSA) is 76.0 Å². The molecule has 5 nitrogen and oxygen atoms in total. The molecule has 1 aliphatic rings. The lowest BCUT2D eigenvalue weighted by atomic mass is 10.1. The second-order valence-electron chi connectivity index (χ2n) is 2.75. The van der Waals surface area contributed by atoms with Crippen molar-refractivity contribution in [3.63, 3.8) is 0 Å². The van der Waals surface area contributed by atoms with Gasteiger partial charge in [0.1, 0.15) is 0 Å². The van der Waals surface area contributed by atoms with Crippen molar-refractivity contribution >= 4 is 5.97 Å². The molecule has 5 heteroatoms. The van der Waals surface area contributed by atoms with Crippen LogP contribution in [0.2, 0.25) is 0 Å². The second-order valence-corrected chi connectivity index (χ2v) is 2.75. The number of aliphatic hydroxyl groups excluding tert-OH is 1. The highest BCUT2D eigenvalue weighted by Gasteiger charge is 2.32. The largest absolute Gasteiger partial charge is 0.479 e. The molecule has 0 spiro atoms. The van der Waals surface area contributed by atoms with E-state index in [1.807, 2.05) is 0 Å². The number of carboxylic acids is 1. The predicted octanol–water partition coefficient (Wildman–Crippen LogP) is -0.417. The highest BCUT2D eigenvalue weighted by Crippen LogP contribution is 2.19. The normalized spacial score (nSPS) is 36.3. The first-order valence-electron chi connectivity index (χ1n) is 3.72. The zero-order valence-corrected chi connectivity index (χ0v) is 6.77. The van der Waals surface area contributed by atoms with E-state index in [9.17, 15) is 9.90 Å². The summed E-state index contributed by atoms with van der Waals surface area (Å²) in [5.41, 5.74) is 0. The van der Waals surface area contributed by atoms with E-state index in [2.05, 4.69) is 0 Å². The fourth-order valence-corrected chi connectivity index (χ4v) is 1.17. The van der Waals surface area contributed by atoms with Gasteiger partial charge in [0.25, 0.3) is 0 Å². The van der Waals surface area contributed by atoms with Crippen molar-refractivity contribution in [2.45, 2.75) is 31.3 Å². The summed E-state index contributed by atoms with van der Waals surface area (Å²) in [5, 5.41) is 17.8. The van der Waals surface area contributed by atoms with Crippen molar-refractivity contribution in [2.24, 2.45) is 0 Å². The van der Waals surface area contributed by atoms with E-state index in [1.54, 1.807) is 0 Å². The quantitative estimate of drug-likeness (QED) is 0.597. The molecule has 0 aromatic heterocycles. The van der Waals surface area contributed by atoms with Gasteiger partial charge in [-0.15, -0.1) is 0 Å². The third kappa shape index (κ3) is 2.17. The molecule has 3 atom stereocenters. The van der Waals surface area contributed by atoms with Gasteiger partial charge >= 0.3 is 5.97 Å². The number of hydrogen-bond acceptors (Lipinski definition) is 4. The Labute approximate surface area is 69.9 Å². The summed E-state index contributed by atoms with van der Waals surface area (Å²) in [6, 6.07) is 0. The molecule has 3 unspecified atom stereocenters. The lowest BCUT2D eigenvalue weighted by Gasteiger charge is -2.29. The number of carbonyl (C=O) groups is 1. The zero-order valence-electron chi connectivity index (χ0n) is 6.77. The number of rotatable bonds is 2. The minimum atomic E-state index is -1.06. The first-order valence-corrected chi connectivity index (χ1v) is 3.72. The van der Waals surface area contributed by atoms with Crippen LogP contribution in [0.1, 0.15) is 12.8 Å². The Balaban J connectivity index is 2.51. The maximum Gasteiger partial charge on any atom is 0.333 e. The molecule has 0 saturated carbocycles. The van der Waals surface area contributed by atoms with Crippen LogP contribution in [0.3, 0.4) is 0 Å². The molecule has 70 valence electrons. The highest BCUT2D eigenvalue weighted by atomic mass is 16.7. The van der Waals surface area contributed by atoms with Crippen LogP contribution in [-0.4, -0.2) is 41.8 Å². The van der Waals surface area contributed by atoms with E-state index in [0.717, 1.165) is 0 Å². The van der Waals surface area contributed by atoms with Gasteiger partial charge in [0.05, 0.1) is 6.10 Å². The predicted molar refractivity (Wildman–Crippen MR) is 38.5 cm³/mol. The molecule has 1 rings (SSSR count). The lowest BCUT2D eigenvalue weighted by molar-refractivity contribution is -0.213. The molecule has 1 fully saturated rings. The summed E-state index contributed by atoms with van der Waals surface area (Å²) >= 11 is 0. The van der Waals surface area contributed by atoms with Gasteiger partial charge in [-0.05, 0) is 0 Å². The van der Waals surface area contributed by atoms with Crippen LogP contribution in [0.5, 0.6) is 0 Å². The van der Waals surface area contributed by atoms with E-state index in [-0.39, 0.29) is 6.42 Å². The molecule has 1 heterocycles. The van der Waals surface area contributed by atoms with E-state index in [4.69, 9.17) is 14.6 Å². The van der Waals surface area contributed by atoms with Crippen LogP contribution < -0.4 is 0 Å². The maximum absolute atomic E-state index is 10.5. The molecule has 0 aromatic rings. The van der Waals surface area contributed by atoms with Gasteiger partial charge in [-0.3, -0.25) is 0 Å². The molecule has 0 radical (unpaired) electrons. The fraction of sp³-hybridized carbons (Fsp3) is 0.857. The van der Waals surface area contributed by atoms with E-state index in [0.29, 0.717) is 6.42 Å². The van der Waals surface area contributed by atoms with Gasteiger partial charge in [-0.25, -0.2) is 4.79 Å². The molecular weight excluding hydrogens is 164 g/mol. The summed E-state index contributed by atoms with van der Waals surface area (Å²) in [6.07, 6.45) is -1.73. The van der Waals surface area contributed by atoms with Gasteiger partial charge in [0.2, 0.25) is 0 Å². The molecule has 0 aromatic carbocycles. The average Bonchev–Trinajstić information content (AvgIpc) is 2.03. The first kappa shape index (κ1) is 9.44. The van der Waals surface area contributed by atoms with Crippen LogP contribution in [0, 0.1) is 0 Å². The molecule has 0 amide bonds. The molecule has 0 bridgehead atoms. The van der Waals surface area contributed by atoms with Crippen molar-refractivity contribution < 1.29 is 24.5 Å². The monoisotopic (exact) mass is 176 g/mol. The Morgan fingerprint density at radius 2 is 2.25 bits per heavy atom. The summed E-state index contributed by atoms with van der Waals surface area (Å²) in [4.78, 5) is 10.5. The van der Waals surface area contributed by atoms with E-state index in [1.165, 1.54) is 7.11 Å². The SMILES string of the molecule is COC1CC(O)CC(C(=O)O)O1. The summed E-state index contributed by atoms with van der Waals surface area (Å²) in [7, 11) is 1.42. The van der Waals surface area contributed by atoms with Crippen molar-refractivity contribution in [3.05, 3.63) is 0 Å². The molecule has 2 N–H and O–H groups in total.